The van der Waals surface area contributed by atoms with E-state index in [1.54, 1.807) is 12.1 Å². The lowest BCUT2D eigenvalue weighted by Crippen LogP contribution is -2.52. The monoisotopic (exact) mass is 291 g/mol. The van der Waals surface area contributed by atoms with Crippen molar-refractivity contribution < 1.29 is 9.90 Å². The first-order chi connectivity index (χ1) is 9.92. The predicted octanol–water partition coefficient (Wildman–Crippen LogP) is 2.43. The van der Waals surface area contributed by atoms with Crippen LogP contribution in [0.3, 0.4) is 0 Å². The number of anilines is 1. The van der Waals surface area contributed by atoms with E-state index in [2.05, 4.69) is 28.6 Å². The Hall–Kier alpha value is -1.62. The van der Waals surface area contributed by atoms with Crippen LogP contribution in [0.4, 0.5) is 5.82 Å². The number of nitrogens with zero attached hydrogens (tertiary/aromatic N) is 3. The number of pyridine rings is 1. The van der Waals surface area contributed by atoms with Gasteiger partial charge < -0.3 is 10.0 Å². The Kier molecular flexibility index (Phi) is 4.83. The summed E-state index contributed by atoms with van der Waals surface area (Å²) < 4.78 is 0. The van der Waals surface area contributed by atoms with Crippen LogP contribution in [0.1, 0.15) is 49.7 Å². The van der Waals surface area contributed by atoms with Crippen LogP contribution in [0.15, 0.2) is 12.1 Å². The molecule has 0 spiro atoms. The molecule has 0 aliphatic carbocycles. The zero-order chi connectivity index (χ0) is 15.6. The number of carbonyl (C=O) groups is 1. The molecule has 1 unspecified atom stereocenters. The van der Waals surface area contributed by atoms with Gasteiger partial charge in [-0.1, -0.05) is 20.8 Å². The van der Waals surface area contributed by atoms with Crippen molar-refractivity contribution in [3.05, 3.63) is 23.4 Å². The average molecular weight is 291 g/mol. The van der Waals surface area contributed by atoms with Crippen molar-refractivity contribution in [2.75, 3.05) is 31.1 Å². The van der Waals surface area contributed by atoms with E-state index in [1.165, 1.54) is 0 Å². The number of hydrogen-bond acceptors (Lipinski definition) is 4. The first kappa shape index (κ1) is 15.8. The predicted molar refractivity (Wildman–Crippen MR) is 84.2 cm³/mol. The summed E-state index contributed by atoms with van der Waals surface area (Å²) in [5.41, 5.74) is 1.17. The van der Waals surface area contributed by atoms with Gasteiger partial charge in [-0.15, -0.1) is 0 Å². The summed E-state index contributed by atoms with van der Waals surface area (Å²) in [6.07, 6.45) is 0. The number of piperazine rings is 1. The van der Waals surface area contributed by atoms with Crippen LogP contribution in [0.2, 0.25) is 0 Å². The number of carboxylic acids is 1. The van der Waals surface area contributed by atoms with E-state index in [4.69, 9.17) is 0 Å². The molecule has 1 aliphatic rings. The van der Waals surface area contributed by atoms with E-state index in [9.17, 15) is 9.90 Å². The maximum Gasteiger partial charge on any atom is 0.335 e. The molecule has 0 amide bonds. The summed E-state index contributed by atoms with van der Waals surface area (Å²) in [6.45, 7) is 12.3. The lowest BCUT2D eigenvalue weighted by molar-refractivity contribution is 0.0696. The van der Waals surface area contributed by atoms with Crippen LogP contribution in [-0.2, 0) is 0 Å². The highest BCUT2D eigenvalue weighted by Gasteiger charge is 2.24. The van der Waals surface area contributed by atoms with Crippen molar-refractivity contribution >= 4 is 11.8 Å². The Morgan fingerprint density at radius 1 is 1.43 bits per heavy atom. The fraction of sp³-hybridized carbons (Fsp3) is 0.625. The maximum absolute atomic E-state index is 11.3. The van der Waals surface area contributed by atoms with Crippen molar-refractivity contribution in [3.8, 4) is 0 Å². The largest absolute Gasteiger partial charge is 0.478 e. The quantitative estimate of drug-likeness (QED) is 0.923. The van der Waals surface area contributed by atoms with Gasteiger partial charge in [-0.3, -0.25) is 4.90 Å². The molecule has 21 heavy (non-hydrogen) atoms. The normalized spacial score (nSPS) is 20.0. The van der Waals surface area contributed by atoms with Crippen molar-refractivity contribution in [1.82, 2.24) is 9.88 Å². The van der Waals surface area contributed by atoms with Crippen LogP contribution < -0.4 is 4.90 Å². The molecule has 0 saturated carbocycles. The number of rotatable bonds is 4. The maximum atomic E-state index is 11.3. The van der Waals surface area contributed by atoms with E-state index in [0.29, 0.717) is 11.6 Å². The van der Waals surface area contributed by atoms with Gasteiger partial charge in [-0.2, -0.15) is 0 Å². The molecule has 0 aromatic carbocycles. The molecule has 1 aliphatic heterocycles. The topological polar surface area (TPSA) is 56.7 Å². The van der Waals surface area contributed by atoms with Gasteiger partial charge >= 0.3 is 5.97 Å². The summed E-state index contributed by atoms with van der Waals surface area (Å²) in [5, 5.41) is 9.29. The van der Waals surface area contributed by atoms with E-state index >= 15 is 0 Å². The van der Waals surface area contributed by atoms with Gasteiger partial charge in [-0.25, -0.2) is 9.78 Å². The molecule has 2 heterocycles. The number of carboxylic acid groups (broad SMARTS) is 1. The molecule has 1 aromatic heterocycles. The molecule has 0 radical (unpaired) electrons. The van der Waals surface area contributed by atoms with E-state index in [-0.39, 0.29) is 5.92 Å². The lowest BCUT2D eigenvalue weighted by atomic mass is 10.1. The zero-order valence-corrected chi connectivity index (χ0v) is 13.3. The van der Waals surface area contributed by atoms with E-state index < -0.39 is 5.97 Å². The Balaban J connectivity index is 2.29. The first-order valence-corrected chi connectivity index (χ1v) is 7.66. The van der Waals surface area contributed by atoms with Gasteiger partial charge in [0.25, 0.3) is 0 Å². The molecule has 1 atom stereocenters. The fourth-order valence-corrected chi connectivity index (χ4v) is 2.79. The summed E-state index contributed by atoms with van der Waals surface area (Å²) in [4.78, 5) is 20.6. The van der Waals surface area contributed by atoms with Crippen LogP contribution in [0.5, 0.6) is 0 Å². The molecule has 116 valence electrons. The van der Waals surface area contributed by atoms with Gasteiger partial charge in [0.05, 0.1) is 5.56 Å². The minimum atomic E-state index is -0.888. The molecule has 5 nitrogen and oxygen atoms in total. The number of hydrogen-bond donors (Lipinski definition) is 1. The molecule has 1 aromatic rings. The number of aromatic nitrogens is 1. The van der Waals surface area contributed by atoms with Gasteiger partial charge in [0.15, 0.2) is 0 Å². The molecule has 5 heteroatoms. The minimum absolute atomic E-state index is 0.220. The Morgan fingerprint density at radius 2 is 2.14 bits per heavy atom. The molecule has 1 N–H and O–H groups in total. The smallest absolute Gasteiger partial charge is 0.335 e. The van der Waals surface area contributed by atoms with Gasteiger partial charge in [0.2, 0.25) is 0 Å². The van der Waals surface area contributed by atoms with E-state index in [1.807, 2.05) is 13.8 Å². The van der Waals surface area contributed by atoms with Gasteiger partial charge in [0.1, 0.15) is 5.82 Å². The Bertz CT molecular complexity index is 516. The van der Waals surface area contributed by atoms with Crippen molar-refractivity contribution in [1.29, 1.82) is 0 Å². The zero-order valence-electron chi connectivity index (χ0n) is 13.3. The van der Waals surface area contributed by atoms with Crippen LogP contribution in [-0.4, -0.2) is 53.2 Å². The molecule has 1 fully saturated rings. The summed E-state index contributed by atoms with van der Waals surface area (Å²) >= 11 is 0. The van der Waals surface area contributed by atoms with Crippen LogP contribution in [0, 0.1) is 0 Å². The van der Waals surface area contributed by atoms with Crippen LogP contribution in [0.25, 0.3) is 0 Å². The average Bonchev–Trinajstić information content (AvgIpc) is 2.46. The second-order valence-corrected chi connectivity index (χ2v) is 6.02. The van der Waals surface area contributed by atoms with E-state index in [0.717, 1.165) is 37.7 Å². The standard InChI is InChI=1S/C16H25N3O2/c1-5-18-6-7-19(10-12(18)4)15-9-13(16(20)21)8-14(17-15)11(2)3/h8-9,11-12H,5-7,10H2,1-4H3,(H,20,21). The SMILES string of the molecule is CCN1CCN(c2cc(C(=O)O)cc(C(C)C)n2)CC1C. The van der Waals surface area contributed by atoms with Crippen molar-refractivity contribution in [2.24, 2.45) is 0 Å². The molecule has 1 saturated heterocycles. The highest BCUT2D eigenvalue weighted by Crippen LogP contribution is 2.22. The van der Waals surface area contributed by atoms with Gasteiger partial charge in [0, 0.05) is 31.4 Å². The minimum Gasteiger partial charge on any atom is -0.478 e. The number of aromatic carboxylic acids is 1. The second kappa shape index (κ2) is 6.43. The third-order valence-corrected chi connectivity index (χ3v) is 4.17. The molecular formula is C16H25N3O2. The summed E-state index contributed by atoms with van der Waals surface area (Å²) in [5.74, 6) is 0.124. The van der Waals surface area contributed by atoms with Gasteiger partial charge in [-0.05, 0) is 31.5 Å². The second-order valence-electron chi connectivity index (χ2n) is 6.02. The Labute approximate surface area is 126 Å². The molecule has 0 bridgehead atoms. The molecular weight excluding hydrogens is 266 g/mol. The fourth-order valence-electron chi connectivity index (χ4n) is 2.79. The highest BCUT2D eigenvalue weighted by molar-refractivity contribution is 5.88. The highest BCUT2D eigenvalue weighted by atomic mass is 16.4. The van der Waals surface area contributed by atoms with Crippen LogP contribution >= 0.6 is 0 Å². The summed E-state index contributed by atoms with van der Waals surface area (Å²) in [6, 6.07) is 3.84. The Morgan fingerprint density at radius 3 is 2.67 bits per heavy atom. The number of likely N-dealkylation sites (N-methyl/N-ethyl adjacent to an activating group) is 1. The van der Waals surface area contributed by atoms with Crippen molar-refractivity contribution in [3.63, 3.8) is 0 Å². The lowest BCUT2D eigenvalue weighted by Gasteiger charge is -2.40. The molecule has 2 rings (SSSR count). The third kappa shape index (κ3) is 3.53. The summed E-state index contributed by atoms with van der Waals surface area (Å²) in [7, 11) is 0. The first-order valence-electron chi connectivity index (χ1n) is 7.66. The third-order valence-electron chi connectivity index (χ3n) is 4.17. The van der Waals surface area contributed by atoms with Crippen molar-refractivity contribution in [2.45, 2.75) is 39.7 Å².